The highest BCUT2D eigenvalue weighted by atomic mass is 16.3. The van der Waals surface area contributed by atoms with E-state index in [4.69, 9.17) is 0 Å². The molecule has 3 aliphatic rings. The molecule has 35 heavy (non-hydrogen) atoms. The monoisotopic (exact) mass is 480 g/mol. The molecule has 4 heterocycles. The summed E-state index contributed by atoms with van der Waals surface area (Å²) in [7, 11) is 0. The van der Waals surface area contributed by atoms with Crippen LogP contribution in [0.25, 0.3) is 5.69 Å². The van der Waals surface area contributed by atoms with Gasteiger partial charge in [0.05, 0.1) is 11.9 Å². The summed E-state index contributed by atoms with van der Waals surface area (Å²) >= 11 is 0. The van der Waals surface area contributed by atoms with E-state index in [9.17, 15) is 24.3 Å². The number of nitrogens with zero attached hydrogens (tertiary/aromatic N) is 5. The van der Waals surface area contributed by atoms with Crippen LogP contribution in [-0.2, 0) is 16.1 Å². The molecule has 3 aliphatic heterocycles. The number of amides is 4. The number of hydrogen-bond acceptors (Lipinski definition) is 7. The number of aliphatic hydroxyl groups excluding tert-OH is 1. The molecule has 2 aromatic rings. The topological polar surface area (TPSA) is 138 Å². The number of nitrogens with one attached hydrogen (secondary N) is 1. The fourth-order valence-corrected chi connectivity index (χ4v) is 5.19. The zero-order chi connectivity index (χ0) is 24.5. The summed E-state index contributed by atoms with van der Waals surface area (Å²) < 4.78 is 1.51. The quantitative estimate of drug-likeness (QED) is 0.600. The smallest absolute Gasteiger partial charge is 0.276 e. The van der Waals surface area contributed by atoms with Crippen LogP contribution in [0.2, 0.25) is 0 Å². The number of benzene rings is 1. The van der Waals surface area contributed by atoms with E-state index in [0.717, 1.165) is 31.2 Å². The van der Waals surface area contributed by atoms with Gasteiger partial charge in [-0.25, -0.2) is 4.68 Å². The maximum absolute atomic E-state index is 13.0. The summed E-state index contributed by atoms with van der Waals surface area (Å²) in [5.74, 6) is -0.738. The summed E-state index contributed by atoms with van der Waals surface area (Å²) in [4.78, 5) is 52.9. The van der Waals surface area contributed by atoms with E-state index < -0.39 is 11.9 Å². The Labute approximate surface area is 202 Å². The Morgan fingerprint density at radius 1 is 1.14 bits per heavy atom. The first-order chi connectivity index (χ1) is 16.9. The minimum absolute atomic E-state index is 0.165. The van der Waals surface area contributed by atoms with Crippen LogP contribution in [-0.4, -0.2) is 79.3 Å². The molecule has 0 radical (unpaired) electrons. The Bertz CT molecular complexity index is 1180. The molecule has 1 aromatic carbocycles. The lowest BCUT2D eigenvalue weighted by Gasteiger charge is -2.29. The second-order valence-electron chi connectivity index (χ2n) is 9.39. The first-order valence-electron chi connectivity index (χ1n) is 12.0. The van der Waals surface area contributed by atoms with Gasteiger partial charge >= 0.3 is 0 Å². The Morgan fingerprint density at radius 2 is 2.00 bits per heavy atom. The predicted octanol–water partition coefficient (Wildman–Crippen LogP) is 0.653. The molecule has 2 N–H and O–H groups in total. The van der Waals surface area contributed by atoms with Gasteiger partial charge in [-0.1, -0.05) is 5.21 Å². The van der Waals surface area contributed by atoms with Crippen LogP contribution in [0.1, 0.15) is 64.9 Å². The number of carbonyl (C=O) groups is 4. The van der Waals surface area contributed by atoms with Gasteiger partial charge < -0.3 is 14.9 Å². The van der Waals surface area contributed by atoms with Crippen LogP contribution in [0.15, 0.2) is 24.4 Å². The van der Waals surface area contributed by atoms with Gasteiger partial charge in [0.2, 0.25) is 11.8 Å². The predicted molar refractivity (Wildman–Crippen MR) is 122 cm³/mol. The van der Waals surface area contributed by atoms with Gasteiger partial charge in [0.25, 0.3) is 11.8 Å². The Kier molecular flexibility index (Phi) is 6.33. The second kappa shape index (κ2) is 9.57. The fraction of sp³-hybridized carbons (Fsp3) is 0.500. The van der Waals surface area contributed by atoms with Crippen LogP contribution in [0.5, 0.6) is 0 Å². The largest absolute Gasteiger partial charge is 0.396 e. The molecule has 1 aromatic heterocycles. The third-order valence-corrected chi connectivity index (χ3v) is 7.16. The lowest BCUT2D eigenvalue weighted by molar-refractivity contribution is -0.136. The molecule has 11 heteroatoms. The van der Waals surface area contributed by atoms with Crippen LogP contribution in [0.4, 0.5) is 0 Å². The normalized spacial score (nSPS) is 22.7. The van der Waals surface area contributed by atoms with Crippen molar-refractivity contribution in [3.63, 3.8) is 0 Å². The number of fused-ring (bicyclic) bond motifs is 1. The fourth-order valence-electron chi connectivity index (χ4n) is 5.19. The number of piperidine rings is 1. The van der Waals surface area contributed by atoms with Crippen LogP contribution >= 0.6 is 0 Å². The number of imide groups is 1. The highest BCUT2D eigenvalue weighted by molar-refractivity contribution is 6.05. The Hall–Kier alpha value is -3.60. The van der Waals surface area contributed by atoms with Crippen molar-refractivity contribution in [2.75, 3.05) is 19.7 Å². The van der Waals surface area contributed by atoms with Crippen molar-refractivity contribution in [3.05, 3.63) is 41.2 Å². The van der Waals surface area contributed by atoms with Crippen molar-refractivity contribution < 1.29 is 24.3 Å². The molecule has 0 saturated carbocycles. The third-order valence-electron chi connectivity index (χ3n) is 7.16. The number of carbonyl (C=O) groups excluding carboxylic acids is 4. The molecule has 5 rings (SSSR count). The van der Waals surface area contributed by atoms with Crippen molar-refractivity contribution in [1.29, 1.82) is 0 Å². The summed E-state index contributed by atoms with van der Waals surface area (Å²) in [6, 6.07) is 4.57. The van der Waals surface area contributed by atoms with Crippen molar-refractivity contribution >= 4 is 23.6 Å². The molecule has 184 valence electrons. The van der Waals surface area contributed by atoms with Gasteiger partial charge in [0.1, 0.15) is 6.04 Å². The van der Waals surface area contributed by atoms with E-state index in [1.165, 1.54) is 9.58 Å². The number of hydrogen-bond donors (Lipinski definition) is 2. The maximum atomic E-state index is 13.0. The van der Waals surface area contributed by atoms with E-state index in [1.807, 2.05) is 6.07 Å². The highest BCUT2D eigenvalue weighted by Gasteiger charge is 2.39. The molecule has 0 bridgehead atoms. The Balaban J connectivity index is 1.29. The van der Waals surface area contributed by atoms with Gasteiger partial charge in [-0.3, -0.25) is 24.5 Å². The lowest BCUT2D eigenvalue weighted by Crippen LogP contribution is -2.52. The summed E-state index contributed by atoms with van der Waals surface area (Å²) in [5, 5.41) is 19.7. The molecular formula is C24H28N6O5. The molecular weight excluding hydrogens is 452 g/mol. The molecule has 0 spiro atoms. The zero-order valence-corrected chi connectivity index (χ0v) is 19.4. The lowest BCUT2D eigenvalue weighted by atomic mass is 9.98. The van der Waals surface area contributed by atoms with Crippen LogP contribution in [0, 0.1) is 5.92 Å². The van der Waals surface area contributed by atoms with E-state index in [1.54, 1.807) is 23.2 Å². The van der Waals surface area contributed by atoms with Gasteiger partial charge in [0, 0.05) is 38.2 Å². The number of aromatic nitrogens is 3. The third kappa shape index (κ3) is 4.55. The minimum Gasteiger partial charge on any atom is -0.396 e. The number of rotatable bonds is 5. The molecule has 2 saturated heterocycles. The zero-order valence-electron chi connectivity index (χ0n) is 19.4. The Morgan fingerprint density at radius 3 is 2.80 bits per heavy atom. The van der Waals surface area contributed by atoms with E-state index in [-0.39, 0.29) is 43.0 Å². The van der Waals surface area contributed by atoms with Gasteiger partial charge in [0.15, 0.2) is 5.69 Å². The summed E-state index contributed by atoms with van der Waals surface area (Å²) in [6.07, 6.45) is 5.63. The van der Waals surface area contributed by atoms with E-state index in [0.29, 0.717) is 36.7 Å². The van der Waals surface area contributed by atoms with Gasteiger partial charge in [-0.2, -0.15) is 0 Å². The van der Waals surface area contributed by atoms with Crippen LogP contribution in [0.3, 0.4) is 0 Å². The van der Waals surface area contributed by atoms with E-state index >= 15 is 0 Å². The number of likely N-dealkylation sites (tertiary alicyclic amines) is 1. The molecule has 2 atom stereocenters. The highest BCUT2D eigenvalue weighted by Crippen LogP contribution is 2.29. The molecule has 0 aliphatic carbocycles. The average molecular weight is 481 g/mol. The first-order valence-corrected chi connectivity index (χ1v) is 12.0. The van der Waals surface area contributed by atoms with Gasteiger partial charge in [-0.15, -0.1) is 5.10 Å². The standard InChI is InChI=1S/C24H28N6O5/c31-11-8-15-2-1-9-28(10-7-15)24(35)19-14-30(27-26-19)17-3-4-18-16(12-17)13-29(23(18)34)20-5-6-21(32)25-22(20)33/h3-4,12,14-15,20,31H,1-2,5-11,13H2,(H,25,32,33). The van der Waals surface area contributed by atoms with Crippen molar-refractivity contribution in [3.8, 4) is 5.69 Å². The van der Waals surface area contributed by atoms with Gasteiger partial charge in [-0.05, 0) is 61.8 Å². The van der Waals surface area contributed by atoms with Crippen molar-refractivity contribution in [2.24, 2.45) is 5.92 Å². The second-order valence-corrected chi connectivity index (χ2v) is 9.39. The summed E-state index contributed by atoms with van der Waals surface area (Å²) in [5.41, 5.74) is 2.18. The molecule has 2 fully saturated rings. The van der Waals surface area contributed by atoms with Crippen molar-refractivity contribution in [2.45, 2.75) is 51.1 Å². The maximum Gasteiger partial charge on any atom is 0.276 e. The van der Waals surface area contributed by atoms with Crippen LogP contribution < -0.4 is 5.32 Å². The molecule has 4 amide bonds. The van der Waals surface area contributed by atoms with Crippen molar-refractivity contribution in [1.82, 2.24) is 30.1 Å². The van der Waals surface area contributed by atoms with E-state index in [2.05, 4.69) is 15.6 Å². The SMILES string of the molecule is O=C1CCC(N2Cc3cc(-n4cc(C(=O)N5CCCC(CCO)CC5)nn4)ccc3C2=O)C(=O)N1. The average Bonchev–Trinajstić information content (AvgIpc) is 3.38. The summed E-state index contributed by atoms with van der Waals surface area (Å²) in [6.45, 7) is 1.72. The minimum atomic E-state index is -0.669. The molecule has 11 nitrogen and oxygen atoms in total. The molecule has 2 unspecified atom stereocenters. The number of aliphatic hydroxyl groups is 1. The first kappa shape index (κ1) is 23.2.